The highest BCUT2D eigenvalue weighted by atomic mass is 16.5. The maximum Gasteiger partial charge on any atom is 0.296 e. The van der Waals surface area contributed by atoms with Gasteiger partial charge >= 0.3 is 0 Å². The minimum absolute atomic E-state index is 0.116. The smallest absolute Gasteiger partial charge is 0.296 e. The fraction of sp³-hybridized carbons (Fsp3) is 0.269. The quantitative estimate of drug-likeness (QED) is 0.232. The largest absolute Gasteiger partial charge is 0.507 e. The molecule has 2 aromatic carbocycles. The first-order valence-corrected chi connectivity index (χ1v) is 10.8. The van der Waals surface area contributed by atoms with Crippen LogP contribution in [-0.4, -0.2) is 54.4 Å². The van der Waals surface area contributed by atoms with E-state index in [1.54, 1.807) is 61.7 Å². The summed E-state index contributed by atoms with van der Waals surface area (Å²) in [7, 11) is 1.54. The van der Waals surface area contributed by atoms with Crippen LogP contribution in [0.1, 0.15) is 23.1 Å². The lowest BCUT2D eigenvalue weighted by Crippen LogP contribution is -2.52. The average Bonchev–Trinajstić information content (AvgIpc) is 3.19. The Morgan fingerprint density at radius 1 is 1.12 bits per heavy atom. The van der Waals surface area contributed by atoms with E-state index >= 15 is 0 Å². The van der Waals surface area contributed by atoms with Crippen LogP contribution >= 0.6 is 0 Å². The lowest BCUT2D eigenvalue weighted by atomic mass is 9.81. The van der Waals surface area contributed by atoms with Crippen LogP contribution in [0.2, 0.25) is 0 Å². The van der Waals surface area contributed by atoms with Gasteiger partial charge in [-0.05, 0) is 19.4 Å². The molecule has 2 aliphatic rings. The number of hydrogen-bond acceptors (Lipinski definition) is 5. The Kier molecular flexibility index (Phi) is 5.91. The number of aliphatic hydroxyl groups excluding tert-OH is 1. The minimum atomic E-state index is -1.75. The molecule has 7 heteroatoms. The molecule has 1 saturated heterocycles. The summed E-state index contributed by atoms with van der Waals surface area (Å²) >= 11 is 0. The molecular weight excluding hydrogens is 420 g/mol. The number of carbonyl (C=O) groups excluding carboxylic acids is 3. The summed E-state index contributed by atoms with van der Waals surface area (Å²) in [4.78, 5) is 43.5. The topological polar surface area (TPSA) is 87.2 Å². The van der Waals surface area contributed by atoms with Crippen LogP contribution in [-0.2, 0) is 24.7 Å². The SMILES string of the molecule is C=CCN1C(=O)[C@]2(C(=C(O)c3ccc(C)cc3)C(=O)C(=O)N2CCCOC)c2ccccc21. The number of likely N-dealkylation sites (tertiary alicyclic amines) is 1. The Morgan fingerprint density at radius 2 is 1.82 bits per heavy atom. The molecule has 1 fully saturated rings. The Balaban J connectivity index is 2.02. The number of hydrogen-bond donors (Lipinski definition) is 1. The average molecular weight is 447 g/mol. The summed E-state index contributed by atoms with van der Waals surface area (Å²) in [5.41, 5.74) is 0.440. The van der Waals surface area contributed by atoms with Crippen LogP contribution in [0.4, 0.5) is 5.69 Å². The first-order chi connectivity index (χ1) is 15.9. The second-order valence-electron chi connectivity index (χ2n) is 8.15. The van der Waals surface area contributed by atoms with Gasteiger partial charge < -0.3 is 19.6 Å². The van der Waals surface area contributed by atoms with Crippen LogP contribution < -0.4 is 4.90 Å². The molecule has 33 heavy (non-hydrogen) atoms. The summed E-state index contributed by atoms with van der Waals surface area (Å²) in [6.45, 7) is 6.32. The number of benzene rings is 2. The summed E-state index contributed by atoms with van der Waals surface area (Å²) in [6.07, 6.45) is 2.01. The molecule has 2 aromatic rings. The van der Waals surface area contributed by atoms with Crippen molar-refractivity contribution in [1.82, 2.24) is 4.90 Å². The van der Waals surface area contributed by atoms with Crippen molar-refractivity contribution in [2.75, 3.05) is 31.7 Å². The maximum atomic E-state index is 14.1. The zero-order valence-corrected chi connectivity index (χ0v) is 18.7. The third kappa shape index (κ3) is 3.27. The monoisotopic (exact) mass is 446 g/mol. The molecule has 0 aliphatic carbocycles. The number of fused-ring (bicyclic) bond motifs is 2. The van der Waals surface area contributed by atoms with Gasteiger partial charge in [-0.3, -0.25) is 14.4 Å². The van der Waals surface area contributed by atoms with Crippen molar-refractivity contribution >= 4 is 29.0 Å². The van der Waals surface area contributed by atoms with Gasteiger partial charge in [0, 0.05) is 37.9 Å². The first-order valence-electron chi connectivity index (χ1n) is 10.8. The fourth-order valence-electron chi connectivity index (χ4n) is 4.70. The molecule has 0 bridgehead atoms. The van der Waals surface area contributed by atoms with Gasteiger partial charge in [0.15, 0.2) is 5.54 Å². The number of para-hydroxylation sites is 1. The molecule has 2 amide bonds. The van der Waals surface area contributed by atoms with E-state index in [1.807, 2.05) is 6.92 Å². The van der Waals surface area contributed by atoms with Crippen molar-refractivity contribution < 1.29 is 24.2 Å². The number of ether oxygens (including phenoxy) is 1. The number of ketones is 1. The van der Waals surface area contributed by atoms with Crippen LogP contribution in [0.25, 0.3) is 5.76 Å². The Morgan fingerprint density at radius 3 is 2.48 bits per heavy atom. The first kappa shape index (κ1) is 22.5. The van der Waals surface area contributed by atoms with Gasteiger partial charge in [-0.25, -0.2) is 0 Å². The third-order valence-corrected chi connectivity index (χ3v) is 6.18. The van der Waals surface area contributed by atoms with E-state index in [0.29, 0.717) is 29.8 Å². The van der Waals surface area contributed by atoms with Crippen LogP contribution in [0.3, 0.4) is 0 Å². The highest BCUT2D eigenvalue weighted by molar-refractivity contribution is 6.50. The van der Waals surface area contributed by atoms with E-state index in [9.17, 15) is 19.5 Å². The van der Waals surface area contributed by atoms with E-state index in [-0.39, 0.29) is 24.4 Å². The molecule has 0 saturated carbocycles. The highest BCUT2D eigenvalue weighted by Gasteiger charge is 2.66. The second kappa shape index (κ2) is 8.67. The van der Waals surface area contributed by atoms with E-state index in [1.165, 1.54) is 9.80 Å². The van der Waals surface area contributed by atoms with Crippen LogP contribution in [0, 0.1) is 6.92 Å². The summed E-state index contributed by atoms with van der Waals surface area (Å²) in [5, 5.41) is 11.3. The third-order valence-electron chi connectivity index (χ3n) is 6.18. The fourth-order valence-corrected chi connectivity index (χ4v) is 4.70. The second-order valence-corrected chi connectivity index (χ2v) is 8.15. The van der Waals surface area contributed by atoms with Crippen molar-refractivity contribution in [2.45, 2.75) is 18.9 Å². The minimum Gasteiger partial charge on any atom is -0.507 e. The molecule has 170 valence electrons. The molecular formula is C26H26N2O5. The number of rotatable bonds is 7. The summed E-state index contributed by atoms with van der Waals surface area (Å²) < 4.78 is 5.13. The Bertz CT molecular complexity index is 1170. The van der Waals surface area contributed by atoms with Gasteiger partial charge in [0.2, 0.25) is 0 Å². The molecule has 4 rings (SSSR count). The predicted octanol–water partition coefficient (Wildman–Crippen LogP) is 3.14. The van der Waals surface area contributed by atoms with Crippen molar-refractivity contribution in [2.24, 2.45) is 0 Å². The number of aryl methyl sites for hydroxylation is 1. The zero-order chi connectivity index (χ0) is 23.8. The molecule has 7 nitrogen and oxygen atoms in total. The molecule has 1 atom stereocenters. The van der Waals surface area contributed by atoms with Gasteiger partial charge in [-0.2, -0.15) is 0 Å². The molecule has 2 aliphatic heterocycles. The van der Waals surface area contributed by atoms with Gasteiger partial charge in [-0.15, -0.1) is 6.58 Å². The molecule has 2 heterocycles. The lowest BCUT2D eigenvalue weighted by Gasteiger charge is -2.34. The normalized spacial score (nSPS) is 21.2. The van der Waals surface area contributed by atoms with Crippen molar-refractivity contribution in [1.29, 1.82) is 0 Å². The number of amides is 2. The number of methoxy groups -OCH3 is 1. The van der Waals surface area contributed by atoms with E-state index in [0.717, 1.165) is 5.56 Å². The zero-order valence-electron chi connectivity index (χ0n) is 18.7. The van der Waals surface area contributed by atoms with Gasteiger partial charge in [0.25, 0.3) is 17.6 Å². The summed E-state index contributed by atoms with van der Waals surface area (Å²) in [5.74, 6) is -2.53. The van der Waals surface area contributed by atoms with Crippen molar-refractivity contribution in [3.05, 3.63) is 83.4 Å². The molecule has 1 N–H and O–H groups in total. The van der Waals surface area contributed by atoms with Crippen molar-refractivity contribution in [3.8, 4) is 0 Å². The van der Waals surface area contributed by atoms with Gasteiger partial charge in [-0.1, -0.05) is 54.1 Å². The maximum absolute atomic E-state index is 14.1. The number of Topliss-reactive ketones (excluding diaryl/α,β-unsaturated/α-hetero) is 1. The lowest BCUT2D eigenvalue weighted by molar-refractivity contribution is -0.143. The van der Waals surface area contributed by atoms with Crippen molar-refractivity contribution in [3.63, 3.8) is 0 Å². The highest BCUT2D eigenvalue weighted by Crippen LogP contribution is 2.53. The van der Waals surface area contributed by atoms with E-state index in [2.05, 4.69) is 6.58 Å². The Hall–Kier alpha value is -3.71. The molecule has 0 radical (unpaired) electrons. The van der Waals surface area contributed by atoms with E-state index < -0.39 is 23.1 Å². The van der Waals surface area contributed by atoms with Gasteiger partial charge in [0.05, 0.1) is 11.3 Å². The standard InChI is InChI=1S/C26H26N2O5/c1-4-14-27-20-9-6-5-8-19(20)26(25(27)32)21(22(29)18-12-10-17(2)11-13-18)23(30)24(31)28(26)15-7-16-33-3/h4-6,8-13,29H,1,7,14-16H2,2-3H3/t26-/m1/s1. The molecule has 1 spiro atoms. The molecule has 0 unspecified atom stereocenters. The van der Waals surface area contributed by atoms with Gasteiger partial charge in [0.1, 0.15) is 5.76 Å². The van der Waals surface area contributed by atoms with Crippen LogP contribution in [0.15, 0.2) is 66.8 Å². The summed E-state index contributed by atoms with van der Waals surface area (Å²) in [6, 6.07) is 14.0. The van der Waals surface area contributed by atoms with E-state index in [4.69, 9.17) is 4.74 Å². The number of nitrogens with zero attached hydrogens (tertiary/aromatic N) is 2. The predicted molar refractivity (Wildman–Crippen MR) is 125 cm³/mol. The van der Waals surface area contributed by atoms with Crippen LogP contribution in [0.5, 0.6) is 0 Å². The number of anilines is 1. The number of carbonyl (C=O) groups is 3. The number of aliphatic hydroxyl groups is 1. The Labute approximate surface area is 192 Å². The molecule has 0 aromatic heterocycles.